The van der Waals surface area contributed by atoms with E-state index in [1.807, 2.05) is 0 Å². The van der Waals surface area contributed by atoms with E-state index in [1.54, 1.807) is 6.92 Å². The smallest absolute Gasteiger partial charge is 0.305 e. The molecule has 2 N–H and O–H groups in total. The highest BCUT2D eigenvalue weighted by molar-refractivity contribution is 7.84. The Morgan fingerprint density at radius 1 is 1.59 bits per heavy atom. The molecule has 0 aliphatic heterocycles. The van der Waals surface area contributed by atoms with Gasteiger partial charge in [-0.15, -0.1) is 0 Å². The van der Waals surface area contributed by atoms with Crippen LogP contribution < -0.4 is 5.73 Å². The van der Waals surface area contributed by atoms with Gasteiger partial charge in [0, 0.05) is 34.2 Å². The number of nitrogens with two attached hydrogens (primary N) is 1. The molecule has 0 radical (unpaired) electrons. The lowest BCUT2D eigenvalue weighted by molar-refractivity contribution is -0.387. The van der Waals surface area contributed by atoms with Crippen LogP contribution in [-0.2, 0) is 16.6 Å². The fraction of sp³-hybridized carbons (Fsp3) is 0.400. The molecule has 1 aromatic carbocycles. The number of nitro groups is 1. The third kappa shape index (κ3) is 3.31. The second-order valence-corrected chi connectivity index (χ2v) is 5.43. The summed E-state index contributed by atoms with van der Waals surface area (Å²) in [5.41, 5.74) is 4.83. The highest BCUT2D eigenvalue weighted by Crippen LogP contribution is 2.21. The van der Waals surface area contributed by atoms with Gasteiger partial charge in [-0.05, 0) is 6.92 Å². The summed E-state index contributed by atoms with van der Waals surface area (Å²) in [6.07, 6.45) is 0. The monoisotopic (exact) mass is 260 g/mol. The van der Waals surface area contributed by atoms with Gasteiger partial charge in [-0.3, -0.25) is 14.3 Å². The van der Waals surface area contributed by atoms with E-state index in [2.05, 4.69) is 0 Å². The zero-order valence-corrected chi connectivity index (χ0v) is 10.1. The van der Waals surface area contributed by atoms with Crippen molar-refractivity contribution in [2.24, 2.45) is 5.73 Å². The summed E-state index contributed by atoms with van der Waals surface area (Å²) in [5, 5.41) is 10.2. The topological polar surface area (TPSA) is 86.2 Å². The van der Waals surface area contributed by atoms with Crippen molar-refractivity contribution in [3.05, 3.63) is 39.7 Å². The van der Waals surface area contributed by atoms with Crippen LogP contribution in [-0.4, -0.2) is 20.9 Å². The van der Waals surface area contributed by atoms with E-state index >= 15 is 0 Å². The van der Waals surface area contributed by atoms with Crippen LogP contribution in [0.1, 0.15) is 12.5 Å². The molecule has 0 aliphatic carbocycles. The zero-order valence-electron chi connectivity index (χ0n) is 9.26. The van der Waals surface area contributed by atoms with Gasteiger partial charge < -0.3 is 5.73 Å². The number of rotatable bonds is 5. The first-order valence-electron chi connectivity index (χ1n) is 4.96. The third-order valence-corrected chi connectivity index (χ3v) is 4.02. The number of nitrogens with zero attached hydrogens (tertiary/aromatic N) is 1. The predicted octanol–water partition coefficient (Wildman–Crippen LogP) is 1.33. The Hall–Kier alpha value is -1.34. The maximum absolute atomic E-state index is 13.6. The summed E-state index contributed by atoms with van der Waals surface area (Å²) in [6.45, 7) is 1.91. The van der Waals surface area contributed by atoms with E-state index < -0.39 is 27.2 Å². The SMILES string of the molecule is CC(CN)S(=O)Cc1cccc([N+](=O)[O-])c1F. The van der Waals surface area contributed by atoms with Crippen molar-refractivity contribution in [2.75, 3.05) is 6.54 Å². The molecule has 0 heterocycles. The molecule has 0 aromatic heterocycles. The van der Waals surface area contributed by atoms with Gasteiger partial charge in [-0.2, -0.15) is 4.39 Å². The molecule has 0 aliphatic rings. The van der Waals surface area contributed by atoms with Crippen LogP contribution in [0.4, 0.5) is 10.1 Å². The minimum Gasteiger partial charge on any atom is -0.329 e. The largest absolute Gasteiger partial charge is 0.329 e. The predicted molar refractivity (Wildman–Crippen MR) is 63.4 cm³/mol. The van der Waals surface area contributed by atoms with E-state index in [4.69, 9.17) is 5.73 Å². The normalized spacial score (nSPS) is 14.3. The molecule has 0 saturated heterocycles. The summed E-state index contributed by atoms with van der Waals surface area (Å²) in [5.74, 6) is -0.985. The van der Waals surface area contributed by atoms with Crippen molar-refractivity contribution in [2.45, 2.75) is 17.9 Å². The number of halogens is 1. The summed E-state index contributed by atoms with van der Waals surface area (Å²) >= 11 is 0. The lowest BCUT2D eigenvalue weighted by atomic mass is 10.2. The fourth-order valence-electron chi connectivity index (χ4n) is 1.22. The average Bonchev–Trinajstić information content (AvgIpc) is 2.30. The second-order valence-electron chi connectivity index (χ2n) is 3.58. The molecule has 1 aromatic rings. The van der Waals surface area contributed by atoms with Gasteiger partial charge in [0.05, 0.1) is 10.7 Å². The van der Waals surface area contributed by atoms with Crippen molar-refractivity contribution in [3.63, 3.8) is 0 Å². The molecule has 2 atom stereocenters. The number of benzene rings is 1. The molecule has 94 valence electrons. The molecule has 7 heteroatoms. The number of hydrogen-bond donors (Lipinski definition) is 1. The molecular weight excluding hydrogens is 247 g/mol. The Kier molecular flexibility index (Phi) is 4.71. The van der Waals surface area contributed by atoms with E-state index in [9.17, 15) is 18.7 Å². The van der Waals surface area contributed by atoms with Crippen LogP contribution in [0.5, 0.6) is 0 Å². The van der Waals surface area contributed by atoms with E-state index in [-0.39, 0.29) is 23.1 Å². The molecule has 17 heavy (non-hydrogen) atoms. The molecule has 0 saturated carbocycles. The zero-order chi connectivity index (χ0) is 13.0. The fourth-order valence-corrected chi connectivity index (χ4v) is 2.25. The van der Waals surface area contributed by atoms with E-state index in [1.165, 1.54) is 12.1 Å². The Bertz CT molecular complexity index is 453. The molecule has 0 spiro atoms. The summed E-state index contributed by atoms with van der Waals surface area (Å²) in [7, 11) is -1.34. The van der Waals surface area contributed by atoms with Crippen LogP contribution in [0.15, 0.2) is 18.2 Å². The number of nitro benzene ring substituents is 1. The molecule has 0 fully saturated rings. The molecule has 5 nitrogen and oxygen atoms in total. The molecule has 0 amide bonds. The lowest BCUT2D eigenvalue weighted by Crippen LogP contribution is -2.23. The lowest BCUT2D eigenvalue weighted by Gasteiger charge is -2.09. The van der Waals surface area contributed by atoms with Crippen LogP contribution in [0.2, 0.25) is 0 Å². The van der Waals surface area contributed by atoms with Crippen LogP contribution in [0, 0.1) is 15.9 Å². The first-order valence-corrected chi connectivity index (χ1v) is 6.34. The molecule has 0 bridgehead atoms. The molecule has 2 unspecified atom stereocenters. The van der Waals surface area contributed by atoms with Crippen molar-refractivity contribution >= 4 is 16.5 Å². The quantitative estimate of drug-likeness (QED) is 0.639. The van der Waals surface area contributed by atoms with Crippen LogP contribution in [0.3, 0.4) is 0 Å². The van der Waals surface area contributed by atoms with Crippen LogP contribution >= 0.6 is 0 Å². The van der Waals surface area contributed by atoms with Gasteiger partial charge in [-0.25, -0.2) is 0 Å². The molecule has 1 rings (SSSR count). The Balaban J connectivity index is 2.96. The van der Waals surface area contributed by atoms with Crippen LogP contribution in [0.25, 0.3) is 0 Å². The highest BCUT2D eigenvalue weighted by Gasteiger charge is 2.19. The van der Waals surface area contributed by atoms with Gasteiger partial charge in [-0.1, -0.05) is 12.1 Å². The minimum atomic E-state index is -1.34. The highest BCUT2D eigenvalue weighted by atomic mass is 32.2. The number of hydrogen-bond acceptors (Lipinski definition) is 4. The van der Waals surface area contributed by atoms with Gasteiger partial charge in [0.1, 0.15) is 0 Å². The Morgan fingerprint density at radius 3 is 2.76 bits per heavy atom. The van der Waals surface area contributed by atoms with E-state index in [0.29, 0.717) is 0 Å². The molecular formula is C10H13FN2O3S. The van der Waals surface area contributed by atoms with Crippen molar-refractivity contribution in [1.82, 2.24) is 0 Å². The Labute approximate surface area is 100 Å². The summed E-state index contributed by atoms with van der Waals surface area (Å²) in [6, 6.07) is 3.85. The van der Waals surface area contributed by atoms with Crippen molar-refractivity contribution in [3.8, 4) is 0 Å². The standard InChI is InChI=1S/C10H13FN2O3S/c1-7(5-12)17(16)6-8-3-2-4-9(10(8)11)13(14)15/h2-4,7H,5-6,12H2,1H3. The van der Waals surface area contributed by atoms with E-state index in [0.717, 1.165) is 6.07 Å². The van der Waals surface area contributed by atoms with Gasteiger partial charge in [0.25, 0.3) is 0 Å². The maximum Gasteiger partial charge on any atom is 0.305 e. The average molecular weight is 260 g/mol. The second kappa shape index (κ2) is 5.83. The van der Waals surface area contributed by atoms with Crippen molar-refractivity contribution in [1.29, 1.82) is 0 Å². The maximum atomic E-state index is 13.6. The van der Waals surface area contributed by atoms with Gasteiger partial charge >= 0.3 is 5.69 Å². The van der Waals surface area contributed by atoms with Gasteiger partial charge in [0.2, 0.25) is 5.82 Å². The first-order chi connectivity index (χ1) is 7.97. The first kappa shape index (κ1) is 13.7. The van der Waals surface area contributed by atoms with Gasteiger partial charge in [0.15, 0.2) is 0 Å². The summed E-state index contributed by atoms with van der Waals surface area (Å²) in [4.78, 5) is 9.72. The van der Waals surface area contributed by atoms with Crippen molar-refractivity contribution < 1.29 is 13.5 Å². The Morgan fingerprint density at radius 2 is 2.24 bits per heavy atom. The third-order valence-electron chi connectivity index (χ3n) is 2.33. The summed E-state index contributed by atoms with van der Waals surface area (Å²) < 4.78 is 25.3. The minimum absolute atomic E-state index is 0.0636.